The summed E-state index contributed by atoms with van der Waals surface area (Å²) in [7, 11) is 0. The highest BCUT2D eigenvalue weighted by atomic mass is 16.6. The van der Waals surface area contributed by atoms with Crippen LogP contribution in [-0.2, 0) is 4.74 Å². The summed E-state index contributed by atoms with van der Waals surface area (Å²) in [6, 6.07) is 3.82. The largest absolute Gasteiger partial charge is 0.444 e. The Labute approximate surface area is 140 Å². The van der Waals surface area contributed by atoms with Crippen molar-refractivity contribution in [2.45, 2.75) is 26.4 Å². The monoisotopic (exact) mass is 331 g/mol. The van der Waals surface area contributed by atoms with Crippen LogP contribution in [0, 0.1) is 0 Å². The quantitative estimate of drug-likeness (QED) is 0.834. The molecule has 0 saturated carbocycles. The third-order valence-electron chi connectivity index (χ3n) is 3.61. The van der Waals surface area contributed by atoms with Crippen molar-refractivity contribution in [3.63, 3.8) is 0 Å². The summed E-state index contributed by atoms with van der Waals surface area (Å²) in [5.41, 5.74) is 0.309. The van der Waals surface area contributed by atoms with Crippen LogP contribution in [0.15, 0.2) is 29.1 Å². The van der Waals surface area contributed by atoms with Gasteiger partial charge in [0, 0.05) is 32.4 Å². The molecule has 8 heteroatoms. The first-order valence-electron chi connectivity index (χ1n) is 7.88. The number of carbonyl (C=O) groups is 1. The number of nitrogens with zero attached hydrogens (tertiary/aromatic N) is 5. The van der Waals surface area contributed by atoms with Crippen LogP contribution in [0.1, 0.15) is 20.8 Å². The summed E-state index contributed by atoms with van der Waals surface area (Å²) in [5.74, 6) is 1.31. The molecule has 1 fully saturated rings. The van der Waals surface area contributed by atoms with Gasteiger partial charge >= 0.3 is 6.09 Å². The van der Waals surface area contributed by atoms with Gasteiger partial charge in [-0.3, -0.25) is 0 Å². The van der Waals surface area contributed by atoms with Gasteiger partial charge in [-0.05, 0) is 32.9 Å². The van der Waals surface area contributed by atoms with Crippen molar-refractivity contribution in [3.8, 4) is 11.5 Å². The van der Waals surface area contributed by atoms with E-state index in [1.165, 1.54) is 6.39 Å². The number of aromatic nitrogens is 3. The van der Waals surface area contributed by atoms with Crippen LogP contribution in [0.25, 0.3) is 11.5 Å². The molecule has 2 aromatic heterocycles. The number of carbonyl (C=O) groups excluding carboxylic acids is 1. The number of hydrogen-bond acceptors (Lipinski definition) is 7. The number of anilines is 1. The molecule has 3 rings (SSSR count). The Morgan fingerprint density at radius 1 is 1.21 bits per heavy atom. The maximum atomic E-state index is 12.1. The molecule has 0 spiro atoms. The van der Waals surface area contributed by atoms with Crippen molar-refractivity contribution in [3.05, 3.63) is 24.7 Å². The third-order valence-corrected chi connectivity index (χ3v) is 3.61. The molecular weight excluding hydrogens is 310 g/mol. The molecule has 0 atom stereocenters. The van der Waals surface area contributed by atoms with Gasteiger partial charge in [0.1, 0.15) is 11.4 Å². The zero-order chi connectivity index (χ0) is 17.2. The zero-order valence-corrected chi connectivity index (χ0v) is 14.1. The molecule has 128 valence electrons. The fraction of sp³-hybridized carbons (Fsp3) is 0.500. The van der Waals surface area contributed by atoms with E-state index in [-0.39, 0.29) is 6.09 Å². The van der Waals surface area contributed by atoms with Gasteiger partial charge in [0.15, 0.2) is 0 Å². The molecule has 1 aliphatic rings. The average molecular weight is 331 g/mol. The van der Waals surface area contributed by atoms with Gasteiger partial charge in [0.2, 0.25) is 12.3 Å². The summed E-state index contributed by atoms with van der Waals surface area (Å²) < 4.78 is 10.6. The molecule has 3 heterocycles. The van der Waals surface area contributed by atoms with Crippen LogP contribution in [0.3, 0.4) is 0 Å². The van der Waals surface area contributed by atoms with Crippen LogP contribution < -0.4 is 4.90 Å². The topological polar surface area (TPSA) is 84.6 Å². The lowest BCUT2D eigenvalue weighted by Crippen LogP contribution is -2.50. The van der Waals surface area contributed by atoms with E-state index >= 15 is 0 Å². The molecular formula is C16H21N5O3. The Morgan fingerprint density at radius 2 is 1.96 bits per heavy atom. The van der Waals surface area contributed by atoms with Crippen molar-refractivity contribution in [1.29, 1.82) is 0 Å². The molecule has 0 aromatic carbocycles. The minimum Gasteiger partial charge on any atom is -0.444 e. The zero-order valence-electron chi connectivity index (χ0n) is 14.1. The van der Waals surface area contributed by atoms with Crippen molar-refractivity contribution in [2.75, 3.05) is 31.1 Å². The highest BCUT2D eigenvalue weighted by Crippen LogP contribution is 2.20. The third kappa shape index (κ3) is 3.81. The molecule has 0 unspecified atom stereocenters. The lowest BCUT2D eigenvalue weighted by molar-refractivity contribution is 0.0240. The minimum absolute atomic E-state index is 0.262. The van der Waals surface area contributed by atoms with Crippen molar-refractivity contribution >= 4 is 11.9 Å². The Bertz CT molecular complexity index is 671. The molecule has 1 aliphatic heterocycles. The van der Waals surface area contributed by atoms with Crippen molar-refractivity contribution < 1.29 is 13.9 Å². The first kappa shape index (κ1) is 16.2. The summed E-state index contributed by atoms with van der Waals surface area (Å²) in [6.07, 6.45) is 2.74. The van der Waals surface area contributed by atoms with Gasteiger partial charge < -0.3 is 19.0 Å². The molecule has 0 bridgehead atoms. The second-order valence-electron chi connectivity index (χ2n) is 6.60. The molecule has 1 saturated heterocycles. The predicted octanol–water partition coefficient (Wildman–Crippen LogP) is 2.19. The smallest absolute Gasteiger partial charge is 0.410 e. The number of piperazine rings is 1. The second-order valence-corrected chi connectivity index (χ2v) is 6.60. The van der Waals surface area contributed by atoms with Crippen LogP contribution >= 0.6 is 0 Å². The summed E-state index contributed by atoms with van der Waals surface area (Å²) in [6.45, 7) is 8.27. The standard InChI is InChI=1S/C16H21N5O3/c1-16(2,3)24-15(22)21-8-6-20(7-9-21)13-5-4-12(10-17-13)14-19-18-11-23-14/h4-5,10-11H,6-9H2,1-3H3. The number of amides is 1. The molecule has 1 amide bonds. The van der Waals surface area contributed by atoms with E-state index in [1.54, 1.807) is 11.1 Å². The average Bonchev–Trinajstić information content (AvgIpc) is 3.08. The number of hydrogen-bond donors (Lipinski definition) is 0. The number of pyridine rings is 1. The first-order valence-corrected chi connectivity index (χ1v) is 7.88. The minimum atomic E-state index is -0.472. The Hall–Kier alpha value is -2.64. The van der Waals surface area contributed by atoms with E-state index in [2.05, 4.69) is 20.1 Å². The lowest BCUT2D eigenvalue weighted by Gasteiger charge is -2.36. The van der Waals surface area contributed by atoms with E-state index < -0.39 is 5.60 Å². The van der Waals surface area contributed by atoms with E-state index in [4.69, 9.17) is 9.15 Å². The summed E-state index contributed by atoms with van der Waals surface area (Å²) in [4.78, 5) is 20.4. The van der Waals surface area contributed by atoms with E-state index in [1.807, 2.05) is 32.9 Å². The predicted molar refractivity (Wildman–Crippen MR) is 87.5 cm³/mol. The van der Waals surface area contributed by atoms with Crippen LogP contribution in [0.5, 0.6) is 0 Å². The molecule has 8 nitrogen and oxygen atoms in total. The molecule has 2 aromatic rings. The highest BCUT2D eigenvalue weighted by molar-refractivity contribution is 5.68. The van der Waals surface area contributed by atoms with E-state index in [0.29, 0.717) is 32.1 Å². The van der Waals surface area contributed by atoms with E-state index in [0.717, 1.165) is 11.4 Å². The highest BCUT2D eigenvalue weighted by Gasteiger charge is 2.26. The van der Waals surface area contributed by atoms with Crippen molar-refractivity contribution in [2.24, 2.45) is 0 Å². The molecule has 24 heavy (non-hydrogen) atoms. The summed E-state index contributed by atoms with van der Waals surface area (Å²) in [5, 5.41) is 7.52. The fourth-order valence-corrected chi connectivity index (χ4v) is 2.44. The molecule has 0 radical (unpaired) electrons. The Kier molecular flexibility index (Phi) is 4.37. The van der Waals surface area contributed by atoms with Crippen LogP contribution in [0.2, 0.25) is 0 Å². The van der Waals surface area contributed by atoms with Gasteiger partial charge in [0.05, 0.1) is 5.56 Å². The number of rotatable bonds is 2. The van der Waals surface area contributed by atoms with Gasteiger partial charge in [-0.25, -0.2) is 9.78 Å². The van der Waals surface area contributed by atoms with Crippen LogP contribution in [-0.4, -0.2) is 58.0 Å². The normalized spacial score (nSPS) is 15.5. The van der Waals surface area contributed by atoms with Gasteiger partial charge in [-0.2, -0.15) is 0 Å². The molecule has 0 N–H and O–H groups in total. The Balaban J connectivity index is 1.58. The number of ether oxygens (including phenoxy) is 1. The van der Waals surface area contributed by atoms with Crippen molar-refractivity contribution in [1.82, 2.24) is 20.1 Å². The SMILES string of the molecule is CC(C)(C)OC(=O)N1CCN(c2ccc(-c3nnco3)cn2)CC1. The maximum absolute atomic E-state index is 12.1. The lowest BCUT2D eigenvalue weighted by atomic mass is 10.2. The summed E-state index contributed by atoms with van der Waals surface area (Å²) >= 11 is 0. The van der Waals surface area contributed by atoms with E-state index in [9.17, 15) is 4.79 Å². The van der Waals surface area contributed by atoms with Gasteiger partial charge in [0.25, 0.3) is 0 Å². The first-order chi connectivity index (χ1) is 11.4. The Morgan fingerprint density at radius 3 is 2.50 bits per heavy atom. The van der Waals surface area contributed by atoms with Gasteiger partial charge in [-0.1, -0.05) is 0 Å². The van der Waals surface area contributed by atoms with Gasteiger partial charge in [-0.15, -0.1) is 10.2 Å². The molecule has 0 aliphatic carbocycles. The fourth-order valence-electron chi connectivity index (χ4n) is 2.44. The van der Waals surface area contributed by atoms with Crippen LogP contribution in [0.4, 0.5) is 10.6 Å². The second kappa shape index (κ2) is 6.46. The maximum Gasteiger partial charge on any atom is 0.410 e.